The summed E-state index contributed by atoms with van der Waals surface area (Å²) in [4.78, 5) is 16.4. The van der Waals surface area contributed by atoms with Gasteiger partial charge in [0.05, 0.1) is 12.8 Å². The van der Waals surface area contributed by atoms with Crippen LogP contribution in [-0.4, -0.2) is 30.2 Å². The molecule has 0 aliphatic heterocycles. The number of aliphatic imine (C=N–C) groups is 1. The number of carboxylic acids is 1. The Morgan fingerprint density at radius 2 is 1.92 bits per heavy atom. The van der Waals surface area contributed by atoms with Crippen molar-refractivity contribution in [1.29, 1.82) is 0 Å². The number of hydrogen-bond acceptors (Lipinski definition) is 4. The van der Waals surface area contributed by atoms with E-state index >= 15 is 0 Å². The summed E-state index contributed by atoms with van der Waals surface area (Å²) in [6.45, 7) is 7.43. The number of methoxy groups -OCH3 is 1. The van der Waals surface area contributed by atoms with Gasteiger partial charge in [0.15, 0.2) is 0 Å². The Morgan fingerprint density at radius 1 is 1.27 bits per heavy atom. The molecule has 1 N–H and O–H groups in total. The van der Waals surface area contributed by atoms with E-state index in [-0.39, 0.29) is 0 Å². The lowest BCUT2D eigenvalue weighted by Gasteiger charge is -2.16. The molecule has 0 saturated carbocycles. The van der Waals surface area contributed by atoms with Crippen molar-refractivity contribution >= 4 is 35.0 Å². The first-order chi connectivity index (χ1) is 12.5. The Labute approximate surface area is 158 Å². The molecule has 0 fully saturated rings. The second-order valence-electron chi connectivity index (χ2n) is 5.62. The predicted molar refractivity (Wildman–Crippen MR) is 111 cm³/mol. The van der Waals surface area contributed by atoms with Gasteiger partial charge in [-0.15, -0.1) is 11.8 Å². The quantitative estimate of drug-likeness (QED) is 0.611. The summed E-state index contributed by atoms with van der Waals surface area (Å²) in [6.07, 6.45) is 2.48. The number of hydrogen-bond donors (Lipinski definition) is 1. The summed E-state index contributed by atoms with van der Waals surface area (Å²) in [5.74, 6) is -0.00781. The molecule has 2 aromatic rings. The van der Waals surface area contributed by atoms with Crippen molar-refractivity contribution in [2.75, 3.05) is 7.11 Å². The molecule has 0 aromatic heterocycles. The topological polar surface area (TPSA) is 58.9 Å². The molecule has 0 bridgehead atoms. The zero-order valence-electron chi connectivity index (χ0n) is 15.2. The highest BCUT2D eigenvalue weighted by molar-refractivity contribution is 8.09. The highest BCUT2D eigenvalue weighted by Crippen LogP contribution is 2.39. The number of carbonyl (C=O) groups is 1. The Balaban J connectivity index is 2.45. The van der Waals surface area contributed by atoms with Crippen molar-refractivity contribution in [2.24, 2.45) is 4.99 Å². The van der Waals surface area contributed by atoms with Crippen LogP contribution in [0.25, 0.3) is 16.0 Å². The minimum absolute atomic E-state index is 0.497. The van der Waals surface area contributed by atoms with E-state index in [1.54, 1.807) is 7.11 Å². The van der Waals surface area contributed by atoms with Crippen molar-refractivity contribution < 1.29 is 14.6 Å². The summed E-state index contributed by atoms with van der Waals surface area (Å²) in [6, 6.07) is 13.7. The largest absolute Gasteiger partial charge is 0.497 e. The Morgan fingerprint density at radius 3 is 2.42 bits per heavy atom. The van der Waals surface area contributed by atoms with Gasteiger partial charge in [0.1, 0.15) is 11.0 Å². The highest BCUT2D eigenvalue weighted by Gasteiger charge is 2.20. The molecule has 2 rings (SSSR count). The smallest absolute Gasteiger partial charge is 0.316 e. The predicted octanol–water partition coefficient (Wildman–Crippen LogP) is 5.65. The first-order valence-electron chi connectivity index (χ1n) is 8.35. The van der Waals surface area contributed by atoms with Crippen molar-refractivity contribution in [2.45, 2.75) is 25.5 Å². The van der Waals surface area contributed by atoms with Crippen molar-refractivity contribution in [3.63, 3.8) is 0 Å². The van der Waals surface area contributed by atoms with Crippen molar-refractivity contribution in [3.05, 3.63) is 54.1 Å². The average molecular weight is 369 g/mol. The maximum Gasteiger partial charge on any atom is 0.316 e. The number of benzene rings is 2. The standard InChI is InChI=1S/C21H23NO3S/c1-5-19(26-20(6-2)21(23)24)17-13-15(9-12-18(17)22-3)14-7-10-16(25-4)11-8-14/h5,7-13,20H,3,6H2,1-2,4H3,(H,23,24)/b19-5+. The monoisotopic (exact) mass is 369 g/mol. The molecule has 1 unspecified atom stereocenters. The molecule has 0 aliphatic carbocycles. The summed E-state index contributed by atoms with van der Waals surface area (Å²) in [5, 5.41) is 8.88. The summed E-state index contributed by atoms with van der Waals surface area (Å²) >= 11 is 1.34. The van der Waals surface area contributed by atoms with Crippen LogP contribution in [0.5, 0.6) is 5.75 Å². The second-order valence-corrected chi connectivity index (χ2v) is 6.87. The van der Waals surface area contributed by atoms with Crippen molar-refractivity contribution in [3.8, 4) is 16.9 Å². The van der Waals surface area contributed by atoms with Gasteiger partial charge < -0.3 is 9.84 Å². The number of rotatable bonds is 8. The lowest BCUT2D eigenvalue weighted by atomic mass is 10.0. The number of carboxylic acid groups (broad SMARTS) is 1. The molecule has 0 radical (unpaired) electrons. The van der Waals surface area contributed by atoms with Gasteiger partial charge in [0.25, 0.3) is 0 Å². The molecular formula is C21H23NO3S. The first-order valence-corrected chi connectivity index (χ1v) is 9.23. The van der Waals surface area contributed by atoms with Crippen molar-refractivity contribution in [1.82, 2.24) is 0 Å². The van der Waals surface area contributed by atoms with Gasteiger partial charge in [-0.2, -0.15) is 0 Å². The molecule has 136 valence electrons. The first kappa shape index (κ1) is 19.8. The fourth-order valence-corrected chi connectivity index (χ4v) is 3.58. The lowest BCUT2D eigenvalue weighted by molar-refractivity contribution is -0.136. The summed E-state index contributed by atoms with van der Waals surface area (Å²) < 4.78 is 5.21. The Bertz CT molecular complexity index is 813. The van der Waals surface area contributed by atoms with E-state index in [0.29, 0.717) is 6.42 Å². The van der Waals surface area contributed by atoms with Crippen LogP contribution in [0.3, 0.4) is 0 Å². The molecule has 0 heterocycles. The van der Waals surface area contributed by atoms with Crippen LogP contribution >= 0.6 is 11.8 Å². The lowest BCUT2D eigenvalue weighted by Crippen LogP contribution is -2.14. The molecule has 0 spiro atoms. The second kappa shape index (κ2) is 9.25. The van der Waals surface area contributed by atoms with E-state index in [0.717, 1.165) is 33.0 Å². The molecule has 1 atom stereocenters. The molecule has 0 saturated heterocycles. The van der Waals surface area contributed by atoms with Crippen LogP contribution in [0.2, 0.25) is 0 Å². The maximum absolute atomic E-state index is 11.4. The fraction of sp³-hybridized carbons (Fsp3) is 0.238. The number of aliphatic carboxylic acids is 1. The number of nitrogens with zero attached hydrogens (tertiary/aromatic N) is 1. The van der Waals surface area contributed by atoms with E-state index < -0.39 is 11.2 Å². The molecular weight excluding hydrogens is 346 g/mol. The third-order valence-electron chi connectivity index (χ3n) is 4.03. The van der Waals surface area contributed by atoms with Gasteiger partial charge in [-0.1, -0.05) is 31.2 Å². The average Bonchev–Trinajstić information content (AvgIpc) is 2.68. The minimum Gasteiger partial charge on any atom is -0.497 e. The number of ether oxygens (including phenoxy) is 1. The number of thioether (sulfide) groups is 1. The van der Waals surface area contributed by atoms with E-state index in [2.05, 4.69) is 11.7 Å². The van der Waals surface area contributed by atoms with Gasteiger partial charge in [0.2, 0.25) is 0 Å². The van der Waals surface area contributed by atoms with E-state index in [4.69, 9.17) is 4.74 Å². The molecule has 0 aliphatic rings. The maximum atomic E-state index is 11.4. The fourth-order valence-electron chi connectivity index (χ4n) is 2.58. The molecule has 5 heteroatoms. The van der Waals surface area contributed by atoms with Gasteiger partial charge in [0, 0.05) is 10.5 Å². The SMILES string of the molecule is C=Nc1ccc(-c2ccc(OC)cc2)cc1/C(=C\C)SC(CC)C(=O)O. The van der Waals surface area contributed by atoms with Crippen LogP contribution in [0.15, 0.2) is 53.5 Å². The van der Waals surface area contributed by atoms with Gasteiger partial charge in [-0.05, 0) is 55.5 Å². The normalized spacial score (nSPS) is 12.5. The third kappa shape index (κ3) is 4.55. The molecule has 0 amide bonds. The molecule has 26 heavy (non-hydrogen) atoms. The van der Waals surface area contributed by atoms with Crippen LogP contribution in [0.1, 0.15) is 25.8 Å². The van der Waals surface area contributed by atoms with Crippen LogP contribution in [0.4, 0.5) is 5.69 Å². The van der Waals surface area contributed by atoms with Gasteiger partial charge in [-0.3, -0.25) is 9.79 Å². The number of allylic oxidation sites excluding steroid dienone is 1. The van der Waals surface area contributed by atoms with E-state index in [1.165, 1.54) is 11.8 Å². The van der Waals surface area contributed by atoms with Gasteiger partial charge >= 0.3 is 5.97 Å². The third-order valence-corrected chi connectivity index (χ3v) is 5.56. The van der Waals surface area contributed by atoms with E-state index in [9.17, 15) is 9.90 Å². The highest BCUT2D eigenvalue weighted by atomic mass is 32.2. The summed E-state index contributed by atoms with van der Waals surface area (Å²) in [7, 11) is 1.64. The van der Waals surface area contributed by atoms with Gasteiger partial charge in [-0.25, -0.2) is 0 Å². The van der Waals surface area contributed by atoms with Crippen LogP contribution in [-0.2, 0) is 4.79 Å². The zero-order valence-corrected chi connectivity index (χ0v) is 16.0. The summed E-state index contributed by atoms with van der Waals surface area (Å²) in [5.41, 5.74) is 3.70. The molecule has 2 aromatic carbocycles. The van der Waals surface area contributed by atoms with Crippen LogP contribution in [0, 0.1) is 0 Å². The molecule has 4 nitrogen and oxygen atoms in total. The Kier molecular flexibility index (Phi) is 7.04. The minimum atomic E-state index is -0.809. The zero-order chi connectivity index (χ0) is 19.1. The van der Waals surface area contributed by atoms with Crippen LogP contribution < -0.4 is 4.74 Å². The Hall–Kier alpha value is -2.53. The van der Waals surface area contributed by atoms with E-state index in [1.807, 2.05) is 62.4 Å².